The third-order valence-electron chi connectivity index (χ3n) is 2.09. The van der Waals surface area contributed by atoms with E-state index in [-0.39, 0.29) is 17.8 Å². The fourth-order valence-electron chi connectivity index (χ4n) is 1.35. The number of carbonyl (C=O) groups is 1. The first kappa shape index (κ1) is 9.65. The second-order valence-electron chi connectivity index (χ2n) is 3.16. The highest BCUT2D eigenvalue weighted by Crippen LogP contribution is 2.11. The van der Waals surface area contributed by atoms with Gasteiger partial charge in [-0.3, -0.25) is 4.79 Å². The predicted molar refractivity (Wildman–Crippen MR) is 53.1 cm³/mol. The van der Waals surface area contributed by atoms with E-state index in [0.29, 0.717) is 5.76 Å². The van der Waals surface area contributed by atoms with Crippen molar-refractivity contribution in [3.63, 3.8) is 0 Å². The van der Waals surface area contributed by atoms with Gasteiger partial charge in [0.2, 0.25) is 0 Å². The SMILES string of the molecule is O=C(Cc1ccco1)c1ccccc1F. The molecular weight excluding hydrogens is 195 g/mol. The summed E-state index contributed by atoms with van der Waals surface area (Å²) in [7, 11) is 0. The molecule has 15 heavy (non-hydrogen) atoms. The molecule has 0 unspecified atom stereocenters. The summed E-state index contributed by atoms with van der Waals surface area (Å²) in [4.78, 5) is 11.6. The number of halogens is 1. The van der Waals surface area contributed by atoms with Crippen molar-refractivity contribution in [2.75, 3.05) is 0 Å². The molecule has 0 atom stereocenters. The summed E-state index contributed by atoms with van der Waals surface area (Å²) in [6, 6.07) is 9.33. The van der Waals surface area contributed by atoms with E-state index in [0.717, 1.165) is 0 Å². The number of hydrogen-bond donors (Lipinski definition) is 0. The second-order valence-corrected chi connectivity index (χ2v) is 3.16. The molecule has 0 radical (unpaired) electrons. The molecular formula is C12H9FO2. The van der Waals surface area contributed by atoms with Gasteiger partial charge in [0.1, 0.15) is 11.6 Å². The summed E-state index contributed by atoms with van der Waals surface area (Å²) in [6.45, 7) is 0. The van der Waals surface area contributed by atoms with Crippen LogP contribution in [0.4, 0.5) is 4.39 Å². The Balaban J connectivity index is 2.19. The standard InChI is InChI=1S/C12H9FO2/c13-11-6-2-1-5-10(11)12(14)8-9-4-3-7-15-9/h1-7H,8H2. The number of ketones is 1. The quantitative estimate of drug-likeness (QED) is 0.719. The fraction of sp³-hybridized carbons (Fsp3) is 0.0833. The lowest BCUT2D eigenvalue weighted by Gasteiger charge is -1.99. The largest absolute Gasteiger partial charge is 0.469 e. The van der Waals surface area contributed by atoms with Gasteiger partial charge in [0.15, 0.2) is 5.78 Å². The fourth-order valence-corrected chi connectivity index (χ4v) is 1.35. The first-order valence-corrected chi connectivity index (χ1v) is 4.57. The lowest BCUT2D eigenvalue weighted by molar-refractivity contribution is 0.0983. The zero-order valence-corrected chi connectivity index (χ0v) is 7.94. The smallest absolute Gasteiger partial charge is 0.173 e. The van der Waals surface area contributed by atoms with Crippen LogP contribution in [-0.4, -0.2) is 5.78 Å². The molecule has 0 aliphatic rings. The molecule has 0 aliphatic heterocycles. The Bertz CT molecular complexity index is 460. The van der Waals surface area contributed by atoms with Gasteiger partial charge in [-0.1, -0.05) is 12.1 Å². The van der Waals surface area contributed by atoms with Gasteiger partial charge in [-0.05, 0) is 24.3 Å². The van der Waals surface area contributed by atoms with Crippen LogP contribution in [0.2, 0.25) is 0 Å². The van der Waals surface area contributed by atoms with Crippen molar-refractivity contribution in [2.24, 2.45) is 0 Å². The van der Waals surface area contributed by atoms with E-state index in [2.05, 4.69) is 0 Å². The third kappa shape index (κ3) is 2.13. The van der Waals surface area contributed by atoms with Gasteiger partial charge in [-0.15, -0.1) is 0 Å². The molecule has 1 aromatic heterocycles. The summed E-state index contributed by atoms with van der Waals surface area (Å²) in [6.07, 6.45) is 1.58. The van der Waals surface area contributed by atoms with Crippen LogP contribution in [-0.2, 0) is 6.42 Å². The summed E-state index contributed by atoms with van der Waals surface area (Å²) in [5.41, 5.74) is 0.105. The highest BCUT2D eigenvalue weighted by Gasteiger charge is 2.12. The van der Waals surface area contributed by atoms with Crippen LogP contribution < -0.4 is 0 Å². The molecule has 0 bridgehead atoms. The Morgan fingerprint density at radius 1 is 1.20 bits per heavy atom. The number of rotatable bonds is 3. The van der Waals surface area contributed by atoms with Crippen LogP contribution in [0.15, 0.2) is 47.1 Å². The number of hydrogen-bond acceptors (Lipinski definition) is 2. The molecule has 0 amide bonds. The number of Topliss-reactive ketones (excluding diaryl/α,β-unsaturated/α-hetero) is 1. The van der Waals surface area contributed by atoms with E-state index in [1.54, 1.807) is 24.3 Å². The minimum atomic E-state index is -0.492. The summed E-state index contributed by atoms with van der Waals surface area (Å²) in [5, 5.41) is 0. The normalized spacial score (nSPS) is 10.2. The molecule has 76 valence electrons. The van der Waals surface area contributed by atoms with E-state index in [1.807, 2.05) is 0 Å². The molecule has 1 heterocycles. The van der Waals surface area contributed by atoms with E-state index in [9.17, 15) is 9.18 Å². The van der Waals surface area contributed by atoms with Gasteiger partial charge in [0.25, 0.3) is 0 Å². The molecule has 0 aliphatic carbocycles. The van der Waals surface area contributed by atoms with Crippen molar-refractivity contribution >= 4 is 5.78 Å². The Morgan fingerprint density at radius 3 is 2.67 bits per heavy atom. The monoisotopic (exact) mass is 204 g/mol. The number of carbonyl (C=O) groups excluding carboxylic acids is 1. The number of benzene rings is 1. The van der Waals surface area contributed by atoms with Gasteiger partial charge >= 0.3 is 0 Å². The van der Waals surface area contributed by atoms with E-state index in [1.165, 1.54) is 18.4 Å². The average molecular weight is 204 g/mol. The molecule has 2 nitrogen and oxygen atoms in total. The lowest BCUT2D eigenvalue weighted by Crippen LogP contribution is -2.05. The maximum absolute atomic E-state index is 13.2. The molecule has 1 aromatic carbocycles. The third-order valence-corrected chi connectivity index (χ3v) is 2.09. The minimum Gasteiger partial charge on any atom is -0.469 e. The van der Waals surface area contributed by atoms with Gasteiger partial charge in [-0.2, -0.15) is 0 Å². The first-order valence-electron chi connectivity index (χ1n) is 4.57. The summed E-state index contributed by atoms with van der Waals surface area (Å²) in [5.74, 6) is -0.222. The van der Waals surface area contributed by atoms with Gasteiger partial charge < -0.3 is 4.42 Å². The minimum absolute atomic E-state index is 0.0912. The Morgan fingerprint density at radius 2 is 2.00 bits per heavy atom. The van der Waals surface area contributed by atoms with Gasteiger partial charge in [-0.25, -0.2) is 4.39 Å². The molecule has 0 spiro atoms. The van der Waals surface area contributed by atoms with Crippen LogP contribution in [0.1, 0.15) is 16.1 Å². The molecule has 0 N–H and O–H groups in total. The molecule has 0 saturated carbocycles. The van der Waals surface area contributed by atoms with E-state index < -0.39 is 5.82 Å². The Labute approximate surface area is 86.3 Å². The zero-order chi connectivity index (χ0) is 10.7. The molecule has 2 rings (SSSR count). The highest BCUT2D eigenvalue weighted by molar-refractivity contribution is 5.97. The second kappa shape index (κ2) is 4.09. The Kier molecular flexibility index (Phi) is 2.63. The van der Waals surface area contributed by atoms with Gasteiger partial charge in [0.05, 0.1) is 18.2 Å². The van der Waals surface area contributed by atoms with Crippen molar-refractivity contribution in [1.29, 1.82) is 0 Å². The molecule has 3 heteroatoms. The average Bonchev–Trinajstić information content (AvgIpc) is 2.71. The summed E-state index contributed by atoms with van der Waals surface area (Å²) >= 11 is 0. The van der Waals surface area contributed by atoms with E-state index >= 15 is 0 Å². The highest BCUT2D eigenvalue weighted by atomic mass is 19.1. The molecule has 0 fully saturated rings. The van der Waals surface area contributed by atoms with Crippen LogP contribution in [0.3, 0.4) is 0 Å². The van der Waals surface area contributed by atoms with Crippen LogP contribution in [0, 0.1) is 5.82 Å². The van der Waals surface area contributed by atoms with Gasteiger partial charge in [0, 0.05) is 0 Å². The maximum atomic E-state index is 13.2. The first-order chi connectivity index (χ1) is 7.27. The van der Waals surface area contributed by atoms with Crippen molar-refractivity contribution in [2.45, 2.75) is 6.42 Å². The molecule has 0 saturated heterocycles. The Hall–Kier alpha value is -1.90. The predicted octanol–water partition coefficient (Wildman–Crippen LogP) is 2.84. The van der Waals surface area contributed by atoms with Crippen LogP contribution in [0.25, 0.3) is 0 Å². The van der Waals surface area contributed by atoms with Crippen molar-refractivity contribution < 1.29 is 13.6 Å². The van der Waals surface area contributed by atoms with Crippen LogP contribution in [0.5, 0.6) is 0 Å². The van der Waals surface area contributed by atoms with Crippen molar-refractivity contribution in [3.8, 4) is 0 Å². The number of furan rings is 1. The summed E-state index contributed by atoms with van der Waals surface area (Å²) < 4.78 is 18.2. The zero-order valence-electron chi connectivity index (χ0n) is 7.94. The van der Waals surface area contributed by atoms with E-state index in [4.69, 9.17) is 4.42 Å². The van der Waals surface area contributed by atoms with Crippen molar-refractivity contribution in [1.82, 2.24) is 0 Å². The topological polar surface area (TPSA) is 30.2 Å². The maximum Gasteiger partial charge on any atom is 0.173 e. The lowest BCUT2D eigenvalue weighted by atomic mass is 10.1. The molecule has 2 aromatic rings. The van der Waals surface area contributed by atoms with Crippen LogP contribution >= 0.6 is 0 Å². The van der Waals surface area contributed by atoms with Crippen molar-refractivity contribution in [3.05, 3.63) is 59.8 Å².